The zero-order chi connectivity index (χ0) is 21.0. The molecule has 0 radical (unpaired) electrons. The third-order valence-electron chi connectivity index (χ3n) is 4.41. The first-order chi connectivity index (χ1) is 13.1. The maximum absolute atomic E-state index is 12.8. The number of carbonyl (C=O) groups is 2. The van der Waals surface area contributed by atoms with Gasteiger partial charge in [-0.25, -0.2) is 4.79 Å². The first kappa shape index (κ1) is 21.9. The minimum atomic E-state index is -0.447. The average molecular weight is 404 g/mol. The van der Waals surface area contributed by atoms with Gasteiger partial charge in [0.05, 0.1) is 17.7 Å². The number of hydrogen-bond donors (Lipinski definition) is 2. The van der Waals surface area contributed by atoms with E-state index in [9.17, 15) is 9.59 Å². The van der Waals surface area contributed by atoms with Crippen LogP contribution in [0.25, 0.3) is 0 Å². The summed E-state index contributed by atoms with van der Waals surface area (Å²) in [7, 11) is 1.81. The highest BCUT2D eigenvalue weighted by atomic mass is 32.1. The molecule has 1 aromatic rings. The summed E-state index contributed by atoms with van der Waals surface area (Å²) in [6.45, 7) is 9.49. The molecule has 1 aliphatic heterocycles. The van der Waals surface area contributed by atoms with Crippen LogP contribution in [0.1, 0.15) is 52.6 Å². The summed E-state index contributed by atoms with van der Waals surface area (Å²) in [5.74, 6) is -0.141. The molecule has 0 fully saturated rings. The van der Waals surface area contributed by atoms with Gasteiger partial charge in [-0.1, -0.05) is 26.0 Å². The maximum atomic E-state index is 12.8. The van der Waals surface area contributed by atoms with Crippen molar-refractivity contribution >= 4 is 34.9 Å². The summed E-state index contributed by atoms with van der Waals surface area (Å²) in [4.78, 5) is 26.7. The van der Waals surface area contributed by atoms with E-state index >= 15 is 0 Å². The van der Waals surface area contributed by atoms with E-state index in [-0.39, 0.29) is 23.9 Å². The summed E-state index contributed by atoms with van der Waals surface area (Å²) in [6.07, 6.45) is 0.223. The maximum Gasteiger partial charge on any atom is 0.338 e. The second kappa shape index (κ2) is 9.19. The molecule has 1 heterocycles. The fourth-order valence-corrected chi connectivity index (χ4v) is 3.26. The Morgan fingerprint density at radius 1 is 1.29 bits per heavy atom. The van der Waals surface area contributed by atoms with Gasteiger partial charge in [0.25, 0.3) is 0 Å². The zero-order valence-corrected chi connectivity index (χ0v) is 18.1. The smallest absolute Gasteiger partial charge is 0.338 e. The van der Waals surface area contributed by atoms with Crippen LogP contribution in [0.4, 0.5) is 5.69 Å². The van der Waals surface area contributed by atoms with E-state index in [1.807, 2.05) is 65.9 Å². The Balaban J connectivity index is 2.38. The molecule has 0 saturated carbocycles. The van der Waals surface area contributed by atoms with Crippen LogP contribution in [0.3, 0.4) is 0 Å². The normalized spacial score (nSPS) is 17.1. The number of ether oxygens (including phenoxy) is 1. The highest BCUT2D eigenvalue weighted by Crippen LogP contribution is 2.32. The molecule has 1 amide bonds. The molecule has 2 rings (SSSR count). The first-order valence-electron chi connectivity index (χ1n) is 9.46. The molecule has 6 nitrogen and oxygen atoms in total. The van der Waals surface area contributed by atoms with Crippen LogP contribution in [-0.2, 0) is 14.3 Å². The van der Waals surface area contributed by atoms with Crippen molar-refractivity contribution in [1.29, 1.82) is 0 Å². The van der Waals surface area contributed by atoms with Gasteiger partial charge >= 0.3 is 5.97 Å². The largest absolute Gasteiger partial charge is 0.459 e. The van der Waals surface area contributed by atoms with Crippen LogP contribution < -0.4 is 10.6 Å². The standard InChI is InChI=1S/C21H29N3O3S/c1-12(2)10-17(25)22-16-9-7-8-15(11-16)19-18(20(26)27-13(3)4)14(5)24(6)21(28)23-19/h7-9,11-13,19H,10H2,1-6H3,(H,22,25)(H,23,28). The molecule has 1 aliphatic rings. The lowest BCUT2D eigenvalue weighted by molar-refractivity contribution is -0.143. The number of anilines is 1. The van der Waals surface area contributed by atoms with Crippen molar-refractivity contribution in [3.05, 3.63) is 41.1 Å². The second-order valence-electron chi connectivity index (χ2n) is 7.67. The molecule has 1 aromatic carbocycles. The number of benzene rings is 1. The van der Waals surface area contributed by atoms with E-state index in [0.29, 0.717) is 22.8 Å². The van der Waals surface area contributed by atoms with Crippen molar-refractivity contribution in [2.75, 3.05) is 12.4 Å². The highest BCUT2D eigenvalue weighted by molar-refractivity contribution is 7.80. The van der Waals surface area contributed by atoms with Crippen LogP contribution >= 0.6 is 12.2 Å². The van der Waals surface area contributed by atoms with Gasteiger partial charge in [-0.2, -0.15) is 0 Å². The second-order valence-corrected chi connectivity index (χ2v) is 8.05. The van der Waals surface area contributed by atoms with Gasteiger partial charge in [-0.3, -0.25) is 4.79 Å². The molecule has 7 heteroatoms. The van der Waals surface area contributed by atoms with Gasteiger partial charge in [-0.05, 0) is 56.6 Å². The first-order valence-corrected chi connectivity index (χ1v) is 9.86. The number of carbonyl (C=O) groups excluding carboxylic acids is 2. The molecule has 0 aliphatic carbocycles. The van der Waals surface area contributed by atoms with Crippen molar-refractivity contribution in [2.45, 2.75) is 53.2 Å². The highest BCUT2D eigenvalue weighted by Gasteiger charge is 2.33. The van der Waals surface area contributed by atoms with Crippen LogP contribution in [0.5, 0.6) is 0 Å². The summed E-state index contributed by atoms with van der Waals surface area (Å²) in [5.41, 5.74) is 2.76. The Hall–Kier alpha value is -2.41. The lowest BCUT2D eigenvalue weighted by Gasteiger charge is -2.35. The van der Waals surface area contributed by atoms with Gasteiger partial charge in [0, 0.05) is 24.9 Å². The molecule has 152 valence electrons. The number of thiocarbonyl (C=S) groups is 1. The van der Waals surface area contributed by atoms with Crippen molar-refractivity contribution in [2.24, 2.45) is 5.92 Å². The van der Waals surface area contributed by atoms with Gasteiger partial charge in [-0.15, -0.1) is 0 Å². The lowest BCUT2D eigenvalue weighted by atomic mass is 9.94. The van der Waals surface area contributed by atoms with E-state index in [2.05, 4.69) is 10.6 Å². The van der Waals surface area contributed by atoms with Crippen molar-refractivity contribution < 1.29 is 14.3 Å². The van der Waals surface area contributed by atoms with Crippen molar-refractivity contribution in [3.63, 3.8) is 0 Å². The van der Waals surface area contributed by atoms with E-state index in [1.54, 1.807) is 4.90 Å². The molecule has 0 aromatic heterocycles. The number of hydrogen-bond acceptors (Lipinski definition) is 4. The van der Waals surface area contributed by atoms with Crippen LogP contribution in [0, 0.1) is 5.92 Å². The molecule has 0 spiro atoms. The average Bonchev–Trinajstić information content (AvgIpc) is 2.58. The fourth-order valence-electron chi connectivity index (χ4n) is 3.01. The molecule has 28 heavy (non-hydrogen) atoms. The molecule has 0 bridgehead atoms. The Morgan fingerprint density at radius 2 is 1.96 bits per heavy atom. The predicted octanol–water partition coefficient (Wildman–Crippen LogP) is 3.76. The van der Waals surface area contributed by atoms with Crippen LogP contribution in [0.15, 0.2) is 35.5 Å². The van der Waals surface area contributed by atoms with Crippen LogP contribution in [0.2, 0.25) is 0 Å². The molecule has 1 atom stereocenters. The predicted molar refractivity (Wildman–Crippen MR) is 115 cm³/mol. The molecule has 1 unspecified atom stereocenters. The van der Waals surface area contributed by atoms with Gasteiger partial charge in [0.1, 0.15) is 0 Å². The zero-order valence-electron chi connectivity index (χ0n) is 17.3. The van der Waals surface area contributed by atoms with Gasteiger partial charge in [0.15, 0.2) is 5.11 Å². The Kier molecular flexibility index (Phi) is 7.18. The Bertz CT molecular complexity index is 802. The minimum absolute atomic E-state index is 0.0369. The molecular formula is C21H29N3O3S. The number of esters is 1. The summed E-state index contributed by atoms with van der Waals surface area (Å²) in [6, 6.07) is 7.00. The van der Waals surface area contributed by atoms with E-state index in [0.717, 1.165) is 11.3 Å². The fraction of sp³-hybridized carbons (Fsp3) is 0.476. The molecule has 0 saturated heterocycles. The number of nitrogens with zero attached hydrogens (tertiary/aromatic N) is 1. The Labute approximate surface area is 172 Å². The SMILES string of the molecule is CC1=C(C(=O)OC(C)C)C(c2cccc(NC(=O)CC(C)C)c2)NC(=S)N1C. The van der Waals surface area contributed by atoms with Crippen molar-refractivity contribution in [3.8, 4) is 0 Å². The monoisotopic (exact) mass is 403 g/mol. The van der Waals surface area contributed by atoms with E-state index in [4.69, 9.17) is 17.0 Å². The van der Waals surface area contributed by atoms with E-state index < -0.39 is 6.04 Å². The topological polar surface area (TPSA) is 70.7 Å². The number of nitrogens with one attached hydrogen (secondary N) is 2. The van der Waals surface area contributed by atoms with Gasteiger partial charge < -0.3 is 20.3 Å². The van der Waals surface area contributed by atoms with E-state index in [1.165, 1.54) is 0 Å². The summed E-state index contributed by atoms with van der Waals surface area (Å²) in [5, 5.41) is 6.66. The Morgan fingerprint density at radius 3 is 2.57 bits per heavy atom. The number of amides is 1. The lowest BCUT2D eigenvalue weighted by Crippen LogP contribution is -2.46. The number of allylic oxidation sites excluding steroid dienone is 1. The molecular weight excluding hydrogens is 374 g/mol. The van der Waals surface area contributed by atoms with Gasteiger partial charge in [0.2, 0.25) is 5.91 Å². The quantitative estimate of drug-likeness (QED) is 0.557. The third kappa shape index (κ3) is 5.32. The third-order valence-corrected chi connectivity index (χ3v) is 4.81. The van der Waals surface area contributed by atoms with Crippen LogP contribution in [-0.4, -0.2) is 35.0 Å². The number of rotatable bonds is 6. The van der Waals surface area contributed by atoms with Crippen molar-refractivity contribution in [1.82, 2.24) is 10.2 Å². The summed E-state index contributed by atoms with van der Waals surface area (Å²) >= 11 is 5.42. The molecule has 2 N–H and O–H groups in total. The minimum Gasteiger partial charge on any atom is -0.459 e. The summed E-state index contributed by atoms with van der Waals surface area (Å²) < 4.78 is 5.46.